The van der Waals surface area contributed by atoms with Crippen LogP contribution in [-0.2, 0) is 16.1 Å². The van der Waals surface area contributed by atoms with Crippen molar-refractivity contribution in [1.82, 2.24) is 5.16 Å². The molecule has 190 valence electrons. The molecule has 0 saturated carbocycles. The SMILES string of the molecule is COC(=O)c1ccc(COc2ccc(-c3onc(C)c3NC(=O)OC(C)c3ccccc3F)cc2)cc1. The van der Waals surface area contributed by atoms with Crippen molar-refractivity contribution in [3.8, 4) is 17.1 Å². The van der Waals surface area contributed by atoms with Crippen LogP contribution in [0.25, 0.3) is 11.3 Å². The standard InChI is InChI=1S/C28H25FN2O6/c1-17-25(30-28(33)36-18(2)23-6-4-5-7-24(23)29)26(37-31-17)20-12-14-22(15-13-20)35-16-19-8-10-21(11-9-19)27(32)34-3/h4-15,18H,16H2,1-3H3,(H,30,33). The van der Waals surface area contributed by atoms with E-state index in [-0.39, 0.29) is 5.56 Å². The molecule has 1 atom stereocenters. The maximum absolute atomic E-state index is 14.0. The van der Waals surface area contributed by atoms with E-state index in [1.807, 2.05) is 0 Å². The van der Waals surface area contributed by atoms with Gasteiger partial charge in [0.25, 0.3) is 0 Å². The van der Waals surface area contributed by atoms with Gasteiger partial charge in [-0.3, -0.25) is 5.32 Å². The maximum atomic E-state index is 14.0. The first-order chi connectivity index (χ1) is 17.9. The largest absolute Gasteiger partial charge is 0.489 e. The molecule has 1 amide bonds. The summed E-state index contributed by atoms with van der Waals surface area (Å²) < 4.78 is 35.3. The van der Waals surface area contributed by atoms with E-state index in [0.717, 1.165) is 5.56 Å². The third-order valence-electron chi connectivity index (χ3n) is 5.61. The number of carbonyl (C=O) groups is 2. The molecule has 3 aromatic carbocycles. The summed E-state index contributed by atoms with van der Waals surface area (Å²) >= 11 is 0. The third-order valence-corrected chi connectivity index (χ3v) is 5.61. The van der Waals surface area contributed by atoms with E-state index >= 15 is 0 Å². The van der Waals surface area contributed by atoms with E-state index in [9.17, 15) is 14.0 Å². The summed E-state index contributed by atoms with van der Waals surface area (Å²) in [5.74, 6) is 0.111. The van der Waals surface area contributed by atoms with E-state index in [2.05, 4.69) is 10.5 Å². The number of aromatic nitrogens is 1. The molecule has 1 heterocycles. The minimum atomic E-state index is -0.794. The highest BCUT2D eigenvalue weighted by Crippen LogP contribution is 2.32. The average Bonchev–Trinajstić information content (AvgIpc) is 3.27. The number of halogens is 1. The van der Waals surface area contributed by atoms with E-state index in [0.29, 0.717) is 40.6 Å². The van der Waals surface area contributed by atoms with Crippen LogP contribution in [0.4, 0.5) is 14.9 Å². The third kappa shape index (κ3) is 6.13. The molecule has 0 radical (unpaired) electrons. The number of hydrogen-bond donors (Lipinski definition) is 1. The van der Waals surface area contributed by atoms with Gasteiger partial charge in [0.1, 0.15) is 35.7 Å². The van der Waals surface area contributed by atoms with Crippen LogP contribution < -0.4 is 10.1 Å². The van der Waals surface area contributed by atoms with Crippen molar-refractivity contribution in [2.24, 2.45) is 0 Å². The predicted molar refractivity (Wildman–Crippen MR) is 134 cm³/mol. The molecule has 0 aliphatic heterocycles. The van der Waals surface area contributed by atoms with Crippen molar-refractivity contribution in [1.29, 1.82) is 0 Å². The number of ether oxygens (including phenoxy) is 3. The van der Waals surface area contributed by atoms with Crippen LogP contribution in [0.3, 0.4) is 0 Å². The second-order valence-corrected chi connectivity index (χ2v) is 8.17. The fourth-order valence-corrected chi connectivity index (χ4v) is 3.60. The zero-order valence-electron chi connectivity index (χ0n) is 20.5. The Hall–Kier alpha value is -4.66. The van der Waals surface area contributed by atoms with Crippen molar-refractivity contribution in [2.75, 3.05) is 12.4 Å². The summed E-state index contributed by atoms with van der Waals surface area (Å²) in [6.07, 6.45) is -1.56. The highest BCUT2D eigenvalue weighted by molar-refractivity contribution is 5.91. The Morgan fingerprint density at radius 2 is 1.73 bits per heavy atom. The highest BCUT2D eigenvalue weighted by atomic mass is 19.1. The summed E-state index contributed by atoms with van der Waals surface area (Å²) in [5, 5.41) is 6.60. The van der Waals surface area contributed by atoms with Crippen LogP contribution in [0.15, 0.2) is 77.3 Å². The molecule has 8 nitrogen and oxygen atoms in total. The molecule has 1 aromatic heterocycles. The van der Waals surface area contributed by atoms with Gasteiger partial charge in [0.2, 0.25) is 0 Å². The summed E-state index contributed by atoms with van der Waals surface area (Å²) in [7, 11) is 1.34. The molecule has 0 saturated heterocycles. The quantitative estimate of drug-likeness (QED) is 0.275. The van der Waals surface area contributed by atoms with E-state index in [4.69, 9.17) is 18.7 Å². The Labute approximate surface area is 213 Å². The van der Waals surface area contributed by atoms with Crippen molar-refractivity contribution in [2.45, 2.75) is 26.6 Å². The van der Waals surface area contributed by atoms with Crippen molar-refractivity contribution in [3.63, 3.8) is 0 Å². The molecule has 0 aliphatic carbocycles. The van der Waals surface area contributed by atoms with Gasteiger partial charge >= 0.3 is 12.1 Å². The van der Waals surface area contributed by atoms with Crippen LogP contribution in [0.2, 0.25) is 0 Å². The van der Waals surface area contributed by atoms with Crippen LogP contribution in [0.1, 0.15) is 40.2 Å². The predicted octanol–water partition coefficient (Wildman–Crippen LogP) is 6.46. The first-order valence-corrected chi connectivity index (χ1v) is 11.4. The lowest BCUT2D eigenvalue weighted by atomic mass is 10.1. The van der Waals surface area contributed by atoms with Crippen LogP contribution >= 0.6 is 0 Å². The number of nitrogens with zero attached hydrogens (tertiary/aromatic N) is 1. The summed E-state index contributed by atoms with van der Waals surface area (Å²) in [5.41, 5.74) is 3.10. The van der Waals surface area contributed by atoms with Gasteiger partial charge < -0.3 is 18.7 Å². The number of aryl methyl sites for hydroxylation is 1. The molecule has 0 bridgehead atoms. The molecule has 0 spiro atoms. The number of anilines is 1. The Bertz CT molecular complexity index is 1380. The summed E-state index contributed by atoms with van der Waals surface area (Å²) in [6, 6.07) is 20.1. The smallest absolute Gasteiger partial charge is 0.412 e. The summed E-state index contributed by atoms with van der Waals surface area (Å²) in [6.45, 7) is 3.58. The molecule has 1 N–H and O–H groups in total. The van der Waals surface area contributed by atoms with E-state index < -0.39 is 24.0 Å². The lowest BCUT2D eigenvalue weighted by Crippen LogP contribution is -2.17. The highest BCUT2D eigenvalue weighted by Gasteiger charge is 2.21. The Morgan fingerprint density at radius 3 is 2.41 bits per heavy atom. The van der Waals surface area contributed by atoms with E-state index in [1.165, 1.54) is 13.2 Å². The van der Waals surface area contributed by atoms with Gasteiger partial charge in [-0.15, -0.1) is 0 Å². The number of benzene rings is 3. The lowest BCUT2D eigenvalue weighted by molar-refractivity contribution is 0.0600. The van der Waals surface area contributed by atoms with Gasteiger partial charge in [-0.05, 0) is 61.9 Å². The van der Waals surface area contributed by atoms with Crippen LogP contribution in [-0.4, -0.2) is 24.3 Å². The number of methoxy groups -OCH3 is 1. The molecular formula is C28H25FN2O6. The lowest BCUT2D eigenvalue weighted by Gasteiger charge is -2.15. The van der Waals surface area contributed by atoms with Gasteiger partial charge in [-0.2, -0.15) is 0 Å². The Kier molecular flexibility index (Phi) is 7.83. The molecule has 0 aliphatic rings. The van der Waals surface area contributed by atoms with Gasteiger partial charge in [0, 0.05) is 11.1 Å². The second-order valence-electron chi connectivity index (χ2n) is 8.17. The molecular weight excluding hydrogens is 479 g/mol. The summed E-state index contributed by atoms with van der Waals surface area (Å²) in [4.78, 5) is 24.1. The number of nitrogens with one attached hydrogen (secondary N) is 1. The Balaban J connectivity index is 1.39. The topological polar surface area (TPSA) is 99.9 Å². The number of carbonyl (C=O) groups excluding carboxylic acids is 2. The fourth-order valence-electron chi connectivity index (χ4n) is 3.60. The average molecular weight is 505 g/mol. The molecule has 4 aromatic rings. The molecule has 37 heavy (non-hydrogen) atoms. The van der Waals surface area contributed by atoms with Gasteiger partial charge in [-0.25, -0.2) is 14.0 Å². The van der Waals surface area contributed by atoms with Crippen LogP contribution in [0.5, 0.6) is 5.75 Å². The normalized spacial score (nSPS) is 11.5. The molecule has 0 fully saturated rings. The minimum absolute atomic E-state index is 0.273. The van der Waals surface area contributed by atoms with Crippen molar-refractivity contribution >= 4 is 17.7 Å². The second kappa shape index (κ2) is 11.4. The fraction of sp³-hybridized carbons (Fsp3) is 0.179. The Morgan fingerprint density at radius 1 is 1.03 bits per heavy atom. The first-order valence-electron chi connectivity index (χ1n) is 11.4. The van der Waals surface area contributed by atoms with Gasteiger partial charge in [0.15, 0.2) is 5.76 Å². The zero-order chi connectivity index (χ0) is 26.4. The van der Waals surface area contributed by atoms with Crippen molar-refractivity contribution < 1.29 is 32.7 Å². The number of esters is 1. The number of amides is 1. The molecule has 1 unspecified atom stereocenters. The van der Waals surface area contributed by atoms with Gasteiger partial charge in [-0.1, -0.05) is 35.5 Å². The van der Waals surface area contributed by atoms with Gasteiger partial charge in [0.05, 0.1) is 12.7 Å². The molecule has 9 heteroatoms. The first kappa shape index (κ1) is 25.4. The van der Waals surface area contributed by atoms with Crippen LogP contribution in [0, 0.1) is 12.7 Å². The molecule has 4 rings (SSSR count). The zero-order valence-corrected chi connectivity index (χ0v) is 20.5. The number of rotatable bonds is 8. The van der Waals surface area contributed by atoms with E-state index in [1.54, 1.807) is 80.6 Å². The number of hydrogen-bond acceptors (Lipinski definition) is 7. The minimum Gasteiger partial charge on any atom is -0.489 e. The van der Waals surface area contributed by atoms with Crippen molar-refractivity contribution in [3.05, 3.63) is 101 Å². The maximum Gasteiger partial charge on any atom is 0.412 e. The monoisotopic (exact) mass is 504 g/mol.